The summed E-state index contributed by atoms with van der Waals surface area (Å²) in [6.45, 7) is 7.61. The van der Waals surface area contributed by atoms with E-state index in [1.165, 1.54) is 16.1 Å². The zero-order valence-electron chi connectivity index (χ0n) is 15.1. The fraction of sp³-hybridized carbons (Fsp3) is 0.429. The maximum Gasteiger partial charge on any atom is 0.119 e. The summed E-state index contributed by atoms with van der Waals surface area (Å²) in [6, 6.07) is 17.0. The maximum absolute atomic E-state index is 5.95. The molecule has 25 heavy (non-hydrogen) atoms. The van der Waals surface area contributed by atoms with Gasteiger partial charge in [0.1, 0.15) is 12.4 Å². The summed E-state index contributed by atoms with van der Waals surface area (Å²) >= 11 is 1.94. The predicted octanol–water partition coefficient (Wildman–Crippen LogP) is 4.65. The van der Waals surface area contributed by atoms with Gasteiger partial charge in [-0.2, -0.15) is 0 Å². The first-order chi connectivity index (χ1) is 12.3. The summed E-state index contributed by atoms with van der Waals surface area (Å²) in [5.41, 5.74) is 2.62. The normalized spacial score (nSPS) is 14.9. The van der Waals surface area contributed by atoms with E-state index in [1.54, 1.807) is 0 Å². The topological polar surface area (TPSA) is 21.7 Å². The Morgan fingerprint density at radius 2 is 1.92 bits per heavy atom. The predicted molar refractivity (Wildman–Crippen MR) is 106 cm³/mol. The highest BCUT2D eigenvalue weighted by molar-refractivity contribution is 7.99. The molecule has 1 atom stereocenters. The van der Waals surface area contributed by atoms with Gasteiger partial charge in [0.15, 0.2) is 0 Å². The van der Waals surface area contributed by atoms with E-state index in [2.05, 4.69) is 60.4 Å². The van der Waals surface area contributed by atoms with Gasteiger partial charge in [-0.25, -0.2) is 0 Å². The molecular formula is C21H27NO2S. The van der Waals surface area contributed by atoms with Crippen LogP contribution in [0.4, 0.5) is 5.69 Å². The third-order valence-electron chi connectivity index (χ3n) is 4.35. The largest absolute Gasteiger partial charge is 0.492 e. The van der Waals surface area contributed by atoms with E-state index >= 15 is 0 Å². The van der Waals surface area contributed by atoms with Gasteiger partial charge >= 0.3 is 0 Å². The highest BCUT2D eigenvalue weighted by atomic mass is 32.2. The zero-order chi connectivity index (χ0) is 17.5. The number of ether oxygens (including phenoxy) is 2. The van der Waals surface area contributed by atoms with Gasteiger partial charge in [0.2, 0.25) is 0 Å². The van der Waals surface area contributed by atoms with Crippen molar-refractivity contribution in [2.45, 2.75) is 31.3 Å². The van der Waals surface area contributed by atoms with E-state index in [-0.39, 0.29) is 6.10 Å². The first-order valence-corrected chi connectivity index (χ1v) is 10.0. The SMILES string of the molecule is CCOC(C)Cc1ccc(OCCN2CCSc3ccccc32)cc1. The Balaban J connectivity index is 1.48. The molecule has 0 N–H and O–H groups in total. The molecule has 1 aliphatic heterocycles. The van der Waals surface area contributed by atoms with E-state index < -0.39 is 0 Å². The molecule has 3 nitrogen and oxygen atoms in total. The van der Waals surface area contributed by atoms with Crippen LogP contribution in [0.1, 0.15) is 19.4 Å². The lowest BCUT2D eigenvalue weighted by atomic mass is 10.1. The van der Waals surface area contributed by atoms with Gasteiger partial charge < -0.3 is 14.4 Å². The van der Waals surface area contributed by atoms with Crippen molar-refractivity contribution in [3.05, 3.63) is 54.1 Å². The third-order valence-corrected chi connectivity index (χ3v) is 5.40. The van der Waals surface area contributed by atoms with Crippen LogP contribution in [0.2, 0.25) is 0 Å². The van der Waals surface area contributed by atoms with Crippen molar-refractivity contribution in [3.8, 4) is 5.75 Å². The van der Waals surface area contributed by atoms with Gasteiger partial charge in [0.25, 0.3) is 0 Å². The van der Waals surface area contributed by atoms with Crippen molar-refractivity contribution >= 4 is 17.4 Å². The molecule has 0 spiro atoms. The molecule has 0 fully saturated rings. The lowest BCUT2D eigenvalue weighted by Gasteiger charge is -2.30. The van der Waals surface area contributed by atoms with Crippen molar-refractivity contribution in [1.29, 1.82) is 0 Å². The highest BCUT2D eigenvalue weighted by Crippen LogP contribution is 2.33. The summed E-state index contributed by atoms with van der Waals surface area (Å²) in [4.78, 5) is 3.80. The van der Waals surface area contributed by atoms with Gasteiger partial charge in [-0.3, -0.25) is 0 Å². The average molecular weight is 358 g/mol. The highest BCUT2D eigenvalue weighted by Gasteiger charge is 2.16. The summed E-state index contributed by atoms with van der Waals surface area (Å²) in [6.07, 6.45) is 1.20. The molecule has 0 aromatic heterocycles. The van der Waals surface area contributed by atoms with E-state index in [1.807, 2.05) is 18.7 Å². The van der Waals surface area contributed by atoms with E-state index in [0.29, 0.717) is 6.61 Å². The standard InChI is InChI=1S/C21H27NO2S/c1-3-23-17(2)16-18-8-10-19(11-9-18)24-14-12-22-13-15-25-21-7-5-4-6-20(21)22/h4-11,17H,3,12-16H2,1-2H3. The maximum atomic E-state index is 5.95. The number of anilines is 1. The van der Waals surface area contributed by atoms with Crippen LogP contribution in [-0.2, 0) is 11.2 Å². The second-order valence-electron chi connectivity index (χ2n) is 6.27. The van der Waals surface area contributed by atoms with Gasteiger partial charge in [0, 0.05) is 23.8 Å². The molecule has 4 heteroatoms. The number of rotatable bonds is 8. The Morgan fingerprint density at radius 1 is 1.12 bits per heavy atom. The molecule has 2 aromatic rings. The Kier molecular flexibility index (Phi) is 6.65. The van der Waals surface area contributed by atoms with Crippen molar-refractivity contribution < 1.29 is 9.47 Å². The quantitative estimate of drug-likeness (QED) is 0.686. The second-order valence-corrected chi connectivity index (χ2v) is 7.40. The molecule has 0 saturated carbocycles. The molecule has 1 unspecified atom stereocenters. The lowest BCUT2D eigenvalue weighted by molar-refractivity contribution is 0.0768. The number of para-hydroxylation sites is 1. The van der Waals surface area contributed by atoms with Crippen LogP contribution in [-0.4, -0.2) is 38.2 Å². The summed E-state index contributed by atoms with van der Waals surface area (Å²) in [5, 5.41) is 0. The van der Waals surface area contributed by atoms with Crippen LogP contribution in [0.5, 0.6) is 5.75 Å². The minimum absolute atomic E-state index is 0.258. The van der Waals surface area contributed by atoms with Gasteiger partial charge in [-0.15, -0.1) is 11.8 Å². The van der Waals surface area contributed by atoms with Crippen LogP contribution in [0.3, 0.4) is 0 Å². The fourth-order valence-electron chi connectivity index (χ4n) is 3.13. The van der Waals surface area contributed by atoms with Crippen molar-refractivity contribution in [1.82, 2.24) is 0 Å². The molecule has 3 rings (SSSR count). The Morgan fingerprint density at radius 3 is 2.72 bits per heavy atom. The van der Waals surface area contributed by atoms with Crippen LogP contribution in [0.25, 0.3) is 0 Å². The Hall–Kier alpha value is -1.65. The number of hydrogen-bond acceptors (Lipinski definition) is 4. The van der Waals surface area contributed by atoms with Crippen molar-refractivity contribution in [2.24, 2.45) is 0 Å². The molecule has 0 bridgehead atoms. The summed E-state index contributed by atoms with van der Waals surface area (Å²) < 4.78 is 11.5. The van der Waals surface area contributed by atoms with Crippen molar-refractivity contribution in [2.75, 3.05) is 37.0 Å². The zero-order valence-corrected chi connectivity index (χ0v) is 15.9. The first-order valence-electron chi connectivity index (χ1n) is 9.06. The smallest absolute Gasteiger partial charge is 0.119 e. The first kappa shape index (κ1) is 18.2. The minimum atomic E-state index is 0.258. The molecule has 1 aliphatic rings. The molecule has 0 radical (unpaired) electrons. The third kappa shape index (κ3) is 5.16. The Labute approximate surface area is 155 Å². The molecule has 134 valence electrons. The number of nitrogens with zero attached hydrogens (tertiary/aromatic N) is 1. The number of hydrogen-bond donors (Lipinski definition) is 0. The van der Waals surface area contributed by atoms with Crippen LogP contribution < -0.4 is 9.64 Å². The molecule has 0 saturated heterocycles. The van der Waals surface area contributed by atoms with Gasteiger partial charge in [-0.05, 0) is 50.1 Å². The molecule has 0 aliphatic carbocycles. The van der Waals surface area contributed by atoms with Crippen molar-refractivity contribution in [3.63, 3.8) is 0 Å². The second kappa shape index (κ2) is 9.16. The Bertz CT molecular complexity index is 659. The van der Waals surface area contributed by atoms with E-state index in [9.17, 15) is 0 Å². The lowest BCUT2D eigenvalue weighted by Crippen LogP contribution is -2.33. The molecule has 2 aromatic carbocycles. The van der Waals surface area contributed by atoms with Gasteiger partial charge in [0.05, 0.1) is 18.3 Å². The van der Waals surface area contributed by atoms with E-state index in [4.69, 9.17) is 9.47 Å². The van der Waals surface area contributed by atoms with Crippen LogP contribution in [0.15, 0.2) is 53.4 Å². The number of fused-ring (bicyclic) bond motifs is 1. The summed E-state index contributed by atoms with van der Waals surface area (Å²) in [7, 11) is 0. The van der Waals surface area contributed by atoms with Gasteiger partial charge in [-0.1, -0.05) is 24.3 Å². The average Bonchev–Trinajstić information content (AvgIpc) is 2.63. The molecule has 1 heterocycles. The van der Waals surface area contributed by atoms with E-state index in [0.717, 1.165) is 37.6 Å². The number of benzene rings is 2. The van der Waals surface area contributed by atoms with Crippen LogP contribution >= 0.6 is 11.8 Å². The minimum Gasteiger partial charge on any atom is -0.492 e. The molecular weight excluding hydrogens is 330 g/mol. The fourth-order valence-corrected chi connectivity index (χ4v) is 4.18. The molecule has 0 amide bonds. The number of thioether (sulfide) groups is 1. The summed E-state index contributed by atoms with van der Waals surface area (Å²) in [5.74, 6) is 2.08. The monoisotopic (exact) mass is 357 g/mol. The van der Waals surface area contributed by atoms with Crippen LogP contribution in [0, 0.1) is 0 Å².